The van der Waals surface area contributed by atoms with Crippen LogP contribution in [-0.4, -0.2) is 51.8 Å². The van der Waals surface area contributed by atoms with Crippen molar-refractivity contribution in [2.45, 2.75) is 39.0 Å². The Morgan fingerprint density at radius 2 is 2.12 bits per heavy atom. The van der Waals surface area contributed by atoms with Crippen molar-refractivity contribution in [1.82, 2.24) is 19.4 Å². The van der Waals surface area contributed by atoms with Gasteiger partial charge in [0.05, 0.1) is 6.54 Å². The Bertz CT molecular complexity index is 696. The fourth-order valence-corrected chi connectivity index (χ4v) is 3.77. The van der Waals surface area contributed by atoms with Crippen LogP contribution in [-0.2, 0) is 17.8 Å². The van der Waals surface area contributed by atoms with Crippen molar-refractivity contribution in [3.8, 4) is 6.01 Å². The van der Waals surface area contributed by atoms with E-state index in [0.29, 0.717) is 11.9 Å². The van der Waals surface area contributed by atoms with E-state index in [2.05, 4.69) is 37.8 Å². The zero-order chi connectivity index (χ0) is 17.1. The van der Waals surface area contributed by atoms with E-state index in [4.69, 9.17) is 9.47 Å². The van der Waals surface area contributed by atoms with Crippen LogP contribution in [0.15, 0.2) is 30.6 Å². The Morgan fingerprint density at radius 1 is 1.24 bits per heavy atom. The maximum atomic E-state index is 6.15. The quantitative estimate of drug-likeness (QED) is 0.853. The lowest BCUT2D eigenvalue weighted by Crippen LogP contribution is -2.38. The second-order valence-corrected chi connectivity index (χ2v) is 7.12. The maximum absolute atomic E-state index is 6.15. The monoisotopic (exact) mass is 342 g/mol. The van der Waals surface area contributed by atoms with Gasteiger partial charge in [0.2, 0.25) is 0 Å². The fraction of sp³-hybridized carbons (Fsp3) is 0.579. The van der Waals surface area contributed by atoms with E-state index in [1.807, 2.05) is 13.0 Å². The molecule has 1 atom stereocenters. The highest BCUT2D eigenvalue weighted by Gasteiger charge is 2.26. The van der Waals surface area contributed by atoms with Crippen LogP contribution in [0.2, 0.25) is 0 Å². The average Bonchev–Trinajstić information content (AvgIpc) is 2.96. The number of fused-ring (bicyclic) bond motifs is 1. The van der Waals surface area contributed by atoms with Crippen LogP contribution < -0.4 is 4.74 Å². The highest BCUT2D eigenvalue weighted by Crippen LogP contribution is 2.21. The van der Waals surface area contributed by atoms with Gasteiger partial charge in [-0.1, -0.05) is 0 Å². The lowest BCUT2D eigenvalue weighted by atomic mass is 9.99. The molecule has 0 N–H and O–H groups in total. The largest absolute Gasteiger partial charge is 0.457 e. The van der Waals surface area contributed by atoms with Gasteiger partial charge in [0, 0.05) is 56.6 Å². The first-order chi connectivity index (χ1) is 12.3. The average molecular weight is 342 g/mol. The van der Waals surface area contributed by atoms with Crippen LogP contribution in [0.25, 0.3) is 0 Å². The number of hydrogen-bond acceptors (Lipinski definition) is 5. The number of aryl methyl sites for hydroxylation is 1. The van der Waals surface area contributed by atoms with Crippen LogP contribution in [0.3, 0.4) is 0 Å². The Kier molecular flexibility index (Phi) is 4.99. The van der Waals surface area contributed by atoms with Crippen LogP contribution >= 0.6 is 0 Å². The van der Waals surface area contributed by atoms with Gasteiger partial charge in [0.1, 0.15) is 6.10 Å². The normalized spacial score (nSPS) is 22.4. The number of nitrogens with zero attached hydrogens (tertiary/aromatic N) is 4. The van der Waals surface area contributed by atoms with Crippen LogP contribution in [0.4, 0.5) is 0 Å². The molecule has 0 aromatic carbocycles. The molecule has 4 rings (SSSR count). The van der Waals surface area contributed by atoms with Crippen molar-refractivity contribution in [3.63, 3.8) is 0 Å². The molecule has 0 radical (unpaired) electrons. The van der Waals surface area contributed by atoms with Gasteiger partial charge in [-0.15, -0.1) is 0 Å². The van der Waals surface area contributed by atoms with Gasteiger partial charge in [0.25, 0.3) is 0 Å². The predicted octanol–water partition coefficient (Wildman–Crippen LogP) is 2.28. The third-order valence-corrected chi connectivity index (χ3v) is 5.07. The summed E-state index contributed by atoms with van der Waals surface area (Å²) in [5, 5.41) is 0. The molecule has 134 valence electrons. The highest BCUT2D eigenvalue weighted by atomic mass is 16.5. The van der Waals surface area contributed by atoms with E-state index in [-0.39, 0.29) is 6.10 Å². The van der Waals surface area contributed by atoms with Crippen molar-refractivity contribution in [3.05, 3.63) is 42.0 Å². The fourth-order valence-electron chi connectivity index (χ4n) is 3.77. The molecule has 4 heterocycles. The Morgan fingerprint density at radius 3 is 2.96 bits per heavy atom. The molecule has 2 aliphatic heterocycles. The molecule has 2 aromatic heterocycles. The topological polar surface area (TPSA) is 52.4 Å². The van der Waals surface area contributed by atoms with Crippen molar-refractivity contribution < 1.29 is 9.47 Å². The maximum Gasteiger partial charge on any atom is 0.316 e. The molecular weight excluding hydrogens is 316 g/mol. The van der Waals surface area contributed by atoms with Gasteiger partial charge in [0.15, 0.2) is 0 Å². The minimum atomic E-state index is 0.0512. The Hall–Kier alpha value is -1.92. The lowest BCUT2D eigenvalue weighted by Gasteiger charge is -2.30. The smallest absolute Gasteiger partial charge is 0.316 e. The van der Waals surface area contributed by atoms with Gasteiger partial charge in [-0.2, -0.15) is 0 Å². The number of rotatable bonds is 4. The standard InChI is InChI=1S/C19H26N4O2/c1-15-4-7-20-19(21-15)25-18-13-22(11-16-5-9-24-10-6-16)12-17-3-2-8-23(17)14-18/h2-4,7-8,16,18H,5-6,9-14H2,1H3/t18-/m0/s1. The summed E-state index contributed by atoms with van der Waals surface area (Å²) in [5.74, 6) is 0.714. The Labute approximate surface area is 148 Å². The number of ether oxygens (including phenoxy) is 2. The van der Waals surface area contributed by atoms with Crippen molar-refractivity contribution in [1.29, 1.82) is 0 Å². The third kappa shape index (κ3) is 4.19. The molecule has 0 amide bonds. The predicted molar refractivity (Wildman–Crippen MR) is 94.4 cm³/mol. The Balaban J connectivity index is 1.48. The second-order valence-electron chi connectivity index (χ2n) is 7.12. The van der Waals surface area contributed by atoms with E-state index >= 15 is 0 Å². The second kappa shape index (κ2) is 7.54. The highest BCUT2D eigenvalue weighted by molar-refractivity contribution is 5.10. The minimum absolute atomic E-state index is 0.0512. The summed E-state index contributed by atoms with van der Waals surface area (Å²) in [7, 11) is 0. The van der Waals surface area contributed by atoms with Crippen molar-refractivity contribution in [2.24, 2.45) is 5.92 Å². The van der Waals surface area contributed by atoms with Gasteiger partial charge < -0.3 is 14.0 Å². The summed E-state index contributed by atoms with van der Waals surface area (Å²) in [6, 6.07) is 6.70. The zero-order valence-corrected chi connectivity index (χ0v) is 14.8. The number of hydrogen-bond donors (Lipinski definition) is 0. The molecule has 2 aromatic rings. The van der Waals surface area contributed by atoms with E-state index in [9.17, 15) is 0 Å². The van der Waals surface area contributed by atoms with Crippen LogP contribution in [0.1, 0.15) is 24.2 Å². The van der Waals surface area contributed by atoms with Crippen molar-refractivity contribution in [2.75, 3.05) is 26.3 Å². The molecule has 0 spiro atoms. The van der Waals surface area contributed by atoms with Gasteiger partial charge in [-0.25, -0.2) is 9.97 Å². The molecule has 1 saturated heterocycles. The molecule has 6 heteroatoms. The summed E-state index contributed by atoms with van der Waals surface area (Å²) in [6.45, 7) is 7.56. The molecule has 2 aliphatic rings. The molecular formula is C19H26N4O2. The molecule has 25 heavy (non-hydrogen) atoms. The zero-order valence-electron chi connectivity index (χ0n) is 14.8. The molecule has 1 fully saturated rings. The summed E-state index contributed by atoms with van der Waals surface area (Å²) in [4.78, 5) is 11.2. The summed E-state index contributed by atoms with van der Waals surface area (Å²) in [5.41, 5.74) is 2.28. The summed E-state index contributed by atoms with van der Waals surface area (Å²) >= 11 is 0. The summed E-state index contributed by atoms with van der Waals surface area (Å²) in [6.07, 6.45) is 6.26. The van der Waals surface area contributed by atoms with E-state index < -0.39 is 0 Å². The van der Waals surface area contributed by atoms with Gasteiger partial charge in [-0.05, 0) is 43.9 Å². The minimum Gasteiger partial charge on any atom is -0.457 e. The van der Waals surface area contributed by atoms with E-state index in [1.165, 1.54) is 5.69 Å². The molecule has 0 unspecified atom stereocenters. The van der Waals surface area contributed by atoms with Crippen molar-refractivity contribution >= 4 is 0 Å². The third-order valence-electron chi connectivity index (χ3n) is 5.07. The first kappa shape index (κ1) is 16.5. The lowest BCUT2D eigenvalue weighted by molar-refractivity contribution is 0.0434. The van der Waals surface area contributed by atoms with Crippen LogP contribution in [0, 0.1) is 12.8 Å². The van der Waals surface area contributed by atoms with E-state index in [1.54, 1.807) is 6.20 Å². The SMILES string of the molecule is Cc1ccnc(O[C@H]2CN(CC3CCOCC3)Cc3cccn3C2)n1. The van der Waals surface area contributed by atoms with Crippen LogP contribution in [0.5, 0.6) is 6.01 Å². The first-order valence-electron chi connectivity index (χ1n) is 9.17. The first-order valence-corrected chi connectivity index (χ1v) is 9.17. The van der Waals surface area contributed by atoms with Gasteiger partial charge >= 0.3 is 6.01 Å². The molecule has 0 saturated carbocycles. The number of aromatic nitrogens is 3. The molecule has 0 aliphatic carbocycles. The summed E-state index contributed by atoms with van der Waals surface area (Å²) < 4.78 is 14.0. The molecule has 6 nitrogen and oxygen atoms in total. The van der Waals surface area contributed by atoms with Gasteiger partial charge in [-0.3, -0.25) is 4.90 Å². The molecule has 0 bridgehead atoms. The van der Waals surface area contributed by atoms with E-state index in [0.717, 1.165) is 57.9 Å².